The molecule has 0 fully saturated rings. The molecular weight excluding hydrogens is 220 g/mol. The minimum atomic E-state index is 0.537. The minimum absolute atomic E-state index is 0.537. The Bertz CT molecular complexity index is 766. The van der Waals surface area contributed by atoms with Crippen LogP contribution in [-0.2, 0) is 7.05 Å². The van der Waals surface area contributed by atoms with Gasteiger partial charge in [-0.2, -0.15) is 0 Å². The lowest BCUT2D eigenvalue weighted by molar-refractivity contribution is -0.659. The van der Waals surface area contributed by atoms with Crippen LogP contribution in [0, 0.1) is 6.92 Å². The fourth-order valence-electron chi connectivity index (χ4n) is 2.30. The Balaban J connectivity index is 2.40. The first-order valence-corrected chi connectivity index (χ1v) is 5.97. The predicted octanol–water partition coefficient (Wildman–Crippen LogP) is 3.03. The fraction of sp³-hybridized carbons (Fsp3) is 0.125. The number of hydrogen-bond acceptors (Lipinski definition) is 1. The molecular formula is C16H15N2+. The van der Waals surface area contributed by atoms with Gasteiger partial charge in [0.1, 0.15) is 7.05 Å². The van der Waals surface area contributed by atoms with E-state index >= 15 is 0 Å². The summed E-state index contributed by atoms with van der Waals surface area (Å²) in [5.41, 5.74) is 3.48. The van der Waals surface area contributed by atoms with Crippen LogP contribution in [0.1, 0.15) is 6.93 Å². The van der Waals surface area contributed by atoms with Crippen LogP contribution in [0.2, 0.25) is 0 Å². The maximum absolute atomic E-state index is 7.73. The average molecular weight is 236 g/mol. The summed E-state index contributed by atoms with van der Waals surface area (Å²) in [5.74, 6) is 0. The molecule has 0 aliphatic heterocycles. The Morgan fingerprint density at radius 2 is 2.11 bits per heavy atom. The van der Waals surface area contributed by atoms with Gasteiger partial charge < -0.3 is 0 Å². The fourth-order valence-corrected chi connectivity index (χ4v) is 2.30. The van der Waals surface area contributed by atoms with E-state index in [-0.39, 0.29) is 0 Å². The van der Waals surface area contributed by atoms with Crippen molar-refractivity contribution in [1.82, 2.24) is 4.98 Å². The first-order chi connectivity index (χ1) is 9.16. The van der Waals surface area contributed by atoms with Crippen LogP contribution in [0.3, 0.4) is 0 Å². The van der Waals surface area contributed by atoms with Crippen LogP contribution in [0.25, 0.3) is 22.0 Å². The lowest BCUT2D eigenvalue weighted by Crippen LogP contribution is -2.30. The number of nitrogens with zero attached hydrogens (tertiary/aromatic N) is 2. The minimum Gasteiger partial charge on any atom is -0.264 e. The van der Waals surface area contributed by atoms with Gasteiger partial charge in [0.05, 0.1) is 12.3 Å². The lowest BCUT2D eigenvalue weighted by atomic mass is 10.0. The standard InChI is InChI=1S/C16H15N2/c1-12-7-9-17-11-15(12)16-14-6-4-3-5-13(14)8-10-18(16)2/h3-11H,1-2H3/q+1/i3D. The van der Waals surface area contributed by atoms with Gasteiger partial charge in [0.2, 0.25) is 5.69 Å². The highest BCUT2D eigenvalue weighted by atomic mass is 14.9. The summed E-state index contributed by atoms with van der Waals surface area (Å²) in [6.45, 7) is 2.09. The molecule has 2 heteroatoms. The molecule has 88 valence electrons. The zero-order valence-corrected chi connectivity index (χ0v) is 10.5. The van der Waals surface area contributed by atoms with Gasteiger partial charge in [0.25, 0.3) is 0 Å². The van der Waals surface area contributed by atoms with Gasteiger partial charge in [-0.15, -0.1) is 0 Å². The molecule has 0 bridgehead atoms. The van der Waals surface area contributed by atoms with E-state index in [4.69, 9.17) is 1.37 Å². The number of hydrogen-bond donors (Lipinski definition) is 0. The Hall–Kier alpha value is -2.22. The highest BCUT2D eigenvalue weighted by molar-refractivity contribution is 5.93. The summed E-state index contributed by atoms with van der Waals surface area (Å²) in [5, 5.41) is 2.24. The summed E-state index contributed by atoms with van der Waals surface area (Å²) in [6.07, 6.45) is 5.74. The summed E-state index contributed by atoms with van der Waals surface area (Å²) in [6, 6.07) is 10.3. The molecule has 0 aliphatic rings. The third-order valence-electron chi connectivity index (χ3n) is 3.28. The molecule has 0 aliphatic carbocycles. The van der Waals surface area contributed by atoms with Gasteiger partial charge in [-0.1, -0.05) is 18.2 Å². The molecule has 18 heavy (non-hydrogen) atoms. The molecule has 1 aromatic carbocycles. The van der Waals surface area contributed by atoms with Crippen molar-refractivity contribution in [3.63, 3.8) is 0 Å². The number of pyridine rings is 2. The molecule has 2 heterocycles. The highest BCUT2D eigenvalue weighted by Crippen LogP contribution is 2.26. The van der Waals surface area contributed by atoms with Gasteiger partial charge in [-0.3, -0.25) is 4.98 Å². The smallest absolute Gasteiger partial charge is 0.221 e. The first-order valence-electron chi connectivity index (χ1n) is 6.47. The molecule has 0 saturated heterocycles. The van der Waals surface area contributed by atoms with Gasteiger partial charge in [-0.25, -0.2) is 4.57 Å². The molecule has 3 rings (SSSR count). The van der Waals surface area contributed by atoms with Crippen molar-refractivity contribution in [3.8, 4) is 11.3 Å². The predicted molar refractivity (Wildman–Crippen MR) is 73.1 cm³/mol. The molecule has 0 N–H and O–H groups in total. The monoisotopic (exact) mass is 236 g/mol. The third-order valence-corrected chi connectivity index (χ3v) is 3.28. The maximum atomic E-state index is 7.73. The van der Waals surface area contributed by atoms with Crippen LogP contribution >= 0.6 is 0 Å². The van der Waals surface area contributed by atoms with E-state index in [1.807, 2.05) is 56.0 Å². The quantitative estimate of drug-likeness (QED) is 0.593. The Kier molecular flexibility index (Phi) is 2.29. The Labute approximate surface area is 108 Å². The number of fused-ring (bicyclic) bond motifs is 1. The van der Waals surface area contributed by atoms with Gasteiger partial charge in [0.15, 0.2) is 6.20 Å². The molecule has 0 spiro atoms. The molecule has 0 saturated carbocycles. The van der Waals surface area contributed by atoms with Crippen molar-refractivity contribution in [2.75, 3.05) is 0 Å². The van der Waals surface area contributed by atoms with Crippen molar-refractivity contribution < 1.29 is 5.94 Å². The van der Waals surface area contributed by atoms with Crippen LogP contribution in [-0.4, -0.2) is 4.98 Å². The van der Waals surface area contributed by atoms with Crippen LogP contribution < -0.4 is 4.57 Å². The zero-order chi connectivity index (χ0) is 13.4. The summed E-state index contributed by atoms with van der Waals surface area (Å²) in [7, 11) is 2.04. The van der Waals surface area contributed by atoms with E-state index < -0.39 is 0 Å². The van der Waals surface area contributed by atoms with Gasteiger partial charge in [0, 0.05) is 18.5 Å². The summed E-state index contributed by atoms with van der Waals surface area (Å²) >= 11 is 0. The lowest BCUT2D eigenvalue weighted by Gasteiger charge is -2.06. The number of aryl methyl sites for hydroxylation is 2. The molecule has 0 amide bonds. The van der Waals surface area contributed by atoms with Gasteiger partial charge in [-0.05, 0) is 30.0 Å². The Morgan fingerprint density at radius 3 is 2.94 bits per heavy atom. The zero-order valence-electron chi connectivity index (χ0n) is 11.5. The van der Waals surface area contributed by atoms with Crippen LogP contribution in [0.4, 0.5) is 0 Å². The van der Waals surface area contributed by atoms with Gasteiger partial charge >= 0.3 is 0 Å². The van der Waals surface area contributed by atoms with E-state index in [2.05, 4.69) is 16.5 Å². The molecule has 0 atom stereocenters. The third kappa shape index (κ3) is 1.66. The average Bonchev–Trinajstić information content (AvgIpc) is 2.40. The first kappa shape index (κ1) is 9.77. The maximum Gasteiger partial charge on any atom is 0.221 e. The summed E-state index contributed by atoms with van der Waals surface area (Å²) in [4.78, 5) is 4.24. The summed E-state index contributed by atoms with van der Waals surface area (Å²) < 4.78 is 9.84. The van der Waals surface area contributed by atoms with Crippen LogP contribution in [0.15, 0.2) is 55.0 Å². The molecule has 2 nitrogen and oxygen atoms in total. The van der Waals surface area contributed by atoms with Crippen molar-refractivity contribution in [2.24, 2.45) is 7.05 Å². The SMILES string of the molecule is [2H]c1ccc2c(-c3cnccc3C)[n+](C)ccc2c1. The van der Waals surface area contributed by atoms with Crippen molar-refractivity contribution in [2.45, 2.75) is 6.92 Å². The van der Waals surface area contributed by atoms with Crippen molar-refractivity contribution >= 4 is 10.8 Å². The van der Waals surface area contributed by atoms with E-state index in [1.165, 1.54) is 5.56 Å². The highest BCUT2D eigenvalue weighted by Gasteiger charge is 2.16. The number of benzene rings is 1. The second kappa shape index (κ2) is 4.22. The normalized spacial score (nSPS) is 11.6. The molecule has 3 aromatic rings. The molecule has 0 unspecified atom stereocenters. The van der Waals surface area contributed by atoms with Crippen molar-refractivity contribution in [3.05, 3.63) is 60.5 Å². The number of rotatable bonds is 1. The second-order valence-corrected chi connectivity index (χ2v) is 4.48. The second-order valence-electron chi connectivity index (χ2n) is 4.48. The van der Waals surface area contributed by atoms with E-state index in [9.17, 15) is 0 Å². The van der Waals surface area contributed by atoms with E-state index in [1.54, 1.807) is 0 Å². The molecule has 2 aromatic heterocycles. The number of aromatic nitrogens is 2. The van der Waals surface area contributed by atoms with E-state index in [0.717, 1.165) is 22.0 Å². The van der Waals surface area contributed by atoms with E-state index in [0.29, 0.717) is 6.04 Å². The molecule has 0 radical (unpaired) electrons. The topological polar surface area (TPSA) is 16.8 Å². The largest absolute Gasteiger partial charge is 0.264 e. The van der Waals surface area contributed by atoms with Crippen molar-refractivity contribution in [1.29, 1.82) is 0 Å². The Morgan fingerprint density at radius 1 is 1.22 bits per heavy atom. The van der Waals surface area contributed by atoms with Crippen LogP contribution in [0.5, 0.6) is 0 Å².